The summed E-state index contributed by atoms with van der Waals surface area (Å²) in [6.07, 6.45) is -0.274. The van der Waals surface area contributed by atoms with Crippen molar-refractivity contribution in [2.45, 2.75) is 13.3 Å². The van der Waals surface area contributed by atoms with E-state index >= 15 is 0 Å². The van der Waals surface area contributed by atoms with Gasteiger partial charge in [0.15, 0.2) is 0 Å². The predicted molar refractivity (Wildman–Crippen MR) is 63.9 cm³/mol. The van der Waals surface area contributed by atoms with Crippen molar-refractivity contribution in [2.75, 3.05) is 6.50 Å². The van der Waals surface area contributed by atoms with Gasteiger partial charge in [-0.2, -0.15) is 0 Å². The Morgan fingerprint density at radius 2 is 2.33 bits per heavy atom. The molecule has 0 heterocycles. The standard InChI is InChI=1S/C11H16N4/c1-9(12)15-11(13)14-8-7-10-5-3-2-4-6-10/h2-6H,7-8H2,1H3,(H4,12,13,14,15)/i3D,4D,5D,8D2. The van der Waals surface area contributed by atoms with Crippen LogP contribution in [0.15, 0.2) is 40.2 Å². The molecule has 0 aliphatic heterocycles. The molecule has 1 rings (SSSR count). The maximum Gasteiger partial charge on any atom is 0.216 e. The molecular formula is C11H16N4. The fourth-order valence-electron chi connectivity index (χ4n) is 0.855. The molecule has 4 heteroatoms. The molecule has 0 radical (unpaired) electrons. The lowest BCUT2D eigenvalue weighted by molar-refractivity contribution is 0.962. The molecule has 0 aromatic heterocycles. The Hall–Kier alpha value is -1.84. The maximum atomic E-state index is 7.76. The summed E-state index contributed by atoms with van der Waals surface area (Å²) in [6.45, 7) is -0.602. The summed E-state index contributed by atoms with van der Waals surface area (Å²) in [6, 6.07) is 2.35. The van der Waals surface area contributed by atoms with Gasteiger partial charge in [0.25, 0.3) is 0 Å². The molecule has 0 amide bonds. The second kappa shape index (κ2) is 5.80. The van der Waals surface area contributed by atoms with E-state index in [1.54, 1.807) is 0 Å². The third-order valence-electron chi connectivity index (χ3n) is 1.40. The molecule has 4 N–H and O–H groups in total. The normalized spacial score (nSPS) is 18.6. The van der Waals surface area contributed by atoms with Crippen LogP contribution < -0.4 is 11.5 Å². The fraction of sp³-hybridized carbons (Fsp3) is 0.273. The average molecular weight is 209 g/mol. The first-order valence-corrected chi connectivity index (χ1v) is 4.33. The Morgan fingerprint density at radius 3 is 3.07 bits per heavy atom. The summed E-state index contributed by atoms with van der Waals surface area (Å²) in [4.78, 5) is 7.22. The number of guanidine groups is 1. The number of aryl methyl sites for hydroxylation is 1. The number of hydrogen-bond acceptors (Lipinski definition) is 1. The van der Waals surface area contributed by atoms with E-state index in [2.05, 4.69) is 9.98 Å². The number of benzene rings is 1. The van der Waals surface area contributed by atoms with Crippen molar-refractivity contribution in [3.05, 3.63) is 35.8 Å². The molecule has 0 atom stereocenters. The highest BCUT2D eigenvalue weighted by molar-refractivity contribution is 5.93. The van der Waals surface area contributed by atoms with Crippen LogP contribution in [0.25, 0.3) is 0 Å². The van der Waals surface area contributed by atoms with E-state index in [9.17, 15) is 0 Å². The third kappa shape index (κ3) is 4.81. The summed E-state index contributed by atoms with van der Waals surface area (Å²) in [5.41, 5.74) is 11.0. The van der Waals surface area contributed by atoms with Crippen LogP contribution in [0, 0.1) is 0 Å². The molecule has 0 fully saturated rings. The van der Waals surface area contributed by atoms with Gasteiger partial charge in [-0.3, -0.25) is 4.99 Å². The van der Waals surface area contributed by atoms with Gasteiger partial charge in [-0.25, -0.2) is 4.99 Å². The lowest BCUT2D eigenvalue weighted by atomic mass is 10.2. The van der Waals surface area contributed by atoms with Gasteiger partial charge in [0.05, 0.1) is 12.7 Å². The Kier molecular flexibility index (Phi) is 2.28. The summed E-state index contributed by atoms with van der Waals surface area (Å²) >= 11 is 0. The van der Waals surface area contributed by atoms with Gasteiger partial charge in [0.1, 0.15) is 0 Å². The van der Waals surface area contributed by atoms with Crippen molar-refractivity contribution in [3.8, 4) is 0 Å². The highest BCUT2D eigenvalue weighted by Gasteiger charge is 1.91. The number of hydrogen-bond donors (Lipinski definition) is 2. The molecule has 0 aliphatic carbocycles. The minimum absolute atomic E-state index is 0.0459. The van der Waals surface area contributed by atoms with Gasteiger partial charge in [-0.1, -0.05) is 30.3 Å². The molecular weight excluding hydrogens is 188 g/mol. The molecule has 0 unspecified atom stereocenters. The molecule has 0 saturated carbocycles. The Balaban J connectivity index is 3.05. The molecule has 4 nitrogen and oxygen atoms in total. The van der Waals surface area contributed by atoms with Gasteiger partial charge in [0, 0.05) is 6.50 Å². The largest absolute Gasteiger partial charge is 0.387 e. The zero-order chi connectivity index (χ0) is 15.5. The van der Waals surface area contributed by atoms with Crippen LogP contribution in [-0.2, 0) is 6.42 Å². The van der Waals surface area contributed by atoms with Crippen molar-refractivity contribution in [3.63, 3.8) is 0 Å². The van der Waals surface area contributed by atoms with E-state index < -0.39 is 6.50 Å². The number of aliphatic imine (C=N–C) groups is 2. The second-order valence-corrected chi connectivity index (χ2v) is 2.81. The average Bonchev–Trinajstić information content (AvgIpc) is 2.22. The van der Waals surface area contributed by atoms with Crippen LogP contribution in [-0.4, -0.2) is 18.3 Å². The SMILES string of the molecule is [2H]c1cc([2H])c([2H])c(CC([2H])([2H])N=C(N)N=C(C)N)c1. The van der Waals surface area contributed by atoms with Crippen LogP contribution in [0.2, 0.25) is 0 Å². The van der Waals surface area contributed by atoms with E-state index in [1.165, 1.54) is 19.1 Å². The highest BCUT2D eigenvalue weighted by atomic mass is 15.1. The highest BCUT2D eigenvalue weighted by Crippen LogP contribution is 1.99. The van der Waals surface area contributed by atoms with Crippen LogP contribution in [0.4, 0.5) is 0 Å². The van der Waals surface area contributed by atoms with Crippen LogP contribution >= 0.6 is 0 Å². The lowest BCUT2D eigenvalue weighted by Gasteiger charge is -1.97. The predicted octanol–water partition coefficient (Wildman–Crippen LogP) is 0.921. The molecule has 1 aromatic rings. The Labute approximate surface area is 96.8 Å². The monoisotopic (exact) mass is 209 g/mol. The van der Waals surface area contributed by atoms with Crippen molar-refractivity contribution >= 4 is 11.8 Å². The maximum absolute atomic E-state index is 7.76. The first-order chi connectivity index (χ1) is 9.10. The van der Waals surface area contributed by atoms with Gasteiger partial charge < -0.3 is 11.5 Å². The zero-order valence-corrected chi connectivity index (χ0v) is 8.41. The van der Waals surface area contributed by atoms with Gasteiger partial charge in [0.2, 0.25) is 5.96 Å². The van der Waals surface area contributed by atoms with Gasteiger partial charge in [-0.15, -0.1) is 0 Å². The van der Waals surface area contributed by atoms with E-state index in [0.717, 1.165) is 0 Å². The molecule has 80 valence electrons. The van der Waals surface area contributed by atoms with Crippen LogP contribution in [0.1, 0.15) is 19.3 Å². The Bertz CT molecular complexity index is 564. The summed E-state index contributed by atoms with van der Waals surface area (Å²) in [5, 5.41) is 0. The summed E-state index contributed by atoms with van der Waals surface area (Å²) in [7, 11) is 0. The van der Waals surface area contributed by atoms with Crippen molar-refractivity contribution in [1.82, 2.24) is 0 Å². The van der Waals surface area contributed by atoms with Crippen molar-refractivity contribution in [2.24, 2.45) is 21.5 Å². The topological polar surface area (TPSA) is 76.8 Å². The van der Waals surface area contributed by atoms with Crippen LogP contribution in [0.5, 0.6) is 0 Å². The first-order valence-electron chi connectivity index (χ1n) is 6.83. The lowest BCUT2D eigenvalue weighted by Crippen LogP contribution is -2.16. The van der Waals surface area contributed by atoms with E-state index in [-0.39, 0.29) is 41.9 Å². The minimum atomic E-state index is -2.10. The molecule has 15 heavy (non-hydrogen) atoms. The number of rotatable bonds is 3. The first kappa shape index (κ1) is 5.90. The molecule has 1 aromatic carbocycles. The van der Waals surface area contributed by atoms with Crippen molar-refractivity contribution < 1.29 is 6.85 Å². The second-order valence-electron chi connectivity index (χ2n) is 2.81. The van der Waals surface area contributed by atoms with E-state index in [4.69, 9.17) is 18.3 Å². The minimum Gasteiger partial charge on any atom is -0.387 e. The smallest absolute Gasteiger partial charge is 0.216 e. The number of amidine groups is 1. The zero-order valence-electron chi connectivity index (χ0n) is 13.4. The third-order valence-corrected chi connectivity index (χ3v) is 1.40. The van der Waals surface area contributed by atoms with E-state index in [0.29, 0.717) is 0 Å². The number of nitrogens with zero attached hydrogens (tertiary/aromatic N) is 2. The van der Waals surface area contributed by atoms with Gasteiger partial charge in [-0.05, 0) is 18.9 Å². The van der Waals surface area contributed by atoms with Gasteiger partial charge >= 0.3 is 0 Å². The quantitative estimate of drug-likeness (QED) is 0.573. The number of nitrogens with two attached hydrogens (primary N) is 2. The summed E-state index contributed by atoms with van der Waals surface area (Å²) in [5.74, 6) is -0.139. The fourth-order valence-corrected chi connectivity index (χ4v) is 0.855. The van der Waals surface area contributed by atoms with Crippen molar-refractivity contribution in [1.29, 1.82) is 0 Å². The van der Waals surface area contributed by atoms with Crippen LogP contribution in [0.3, 0.4) is 0 Å². The molecule has 0 spiro atoms. The molecule has 0 aliphatic rings. The molecule has 0 bridgehead atoms. The molecule has 0 saturated heterocycles. The summed E-state index contributed by atoms with van der Waals surface area (Å²) < 4.78 is 38.2. The van der Waals surface area contributed by atoms with E-state index in [1.807, 2.05) is 0 Å². The Morgan fingerprint density at radius 1 is 1.53 bits per heavy atom.